The minimum Gasteiger partial charge on any atom is -0.497 e. The number of carbonyl (C=O) groups excluding carboxylic acids is 2. The van der Waals surface area contributed by atoms with Crippen LogP contribution in [0.3, 0.4) is 0 Å². The van der Waals surface area contributed by atoms with Crippen LogP contribution in [-0.2, 0) is 16.0 Å². The molecule has 3 aromatic rings. The van der Waals surface area contributed by atoms with Crippen LogP contribution in [0.25, 0.3) is 10.9 Å². The maximum Gasteiger partial charge on any atom is 0.246 e. The lowest BCUT2D eigenvalue weighted by molar-refractivity contribution is -0.158. The lowest BCUT2D eigenvalue weighted by atomic mass is 9.86. The highest BCUT2D eigenvalue weighted by Gasteiger charge is 2.47. The molecule has 160 valence electrons. The monoisotopic (exact) mass is 417 g/mol. The molecule has 2 aromatic carbocycles. The molecule has 0 spiro atoms. The predicted octanol–water partition coefficient (Wildman–Crippen LogP) is 3.66. The first kappa shape index (κ1) is 19.7. The molecular weight excluding hydrogens is 390 g/mol. The van der Waals surface area contributed by atoms with E-state index in [1.165, 1.54) is 0 Å². The second-order valence-electron chi connectivity index (χ2n) is 8.37. The van der Waals surface area contributed by atoms with Crippen molar-refractivity contribution >= 4 is 22.7 Å². The molecule has 1 fully saturated rings. The lowest BCUT2D eigenvalue weighted by Gasteiger charge is -2.47. The van der Waals surface area contributed by atoms with Gasteiger partial charge >= 0.3 is 0 Å². The number of hydrogen-bond donors (Lipinski definition) is 1. The van der Waals surface area contributed by atoms with E-state index in [1.54, 1.807) is 12.0 Å². The number of piperazine rings is 1. The number of aromatic nitrogens is 1. The van der Waals surface area contributed by atoms with Crippen molar-refractivity contribution in [3.05, 3.63) is 65.4 Å². The number of amides is 2. The number of fused-ring (bicyclic) bond motifs is 4. The second-order valence-corrected chi connectivity index (χ2v) is 8.37. The molecule has 2 atom stereocenters. The number of benzene rings is 2. The van der Waals surface area contributed by atoms with Gasteiger partial charge in [0, 0.05) is 29.6 Å². The van der Waals surface area contributed by atoms with Crippen molar-refractivity contribution in [3.8, 4) is 5.75 Å². The zero-order valence-corrected chi connectivity index (χ0v) is 17.9. The van der Waals surface area contributed by atoms with Crippen molar-refractivity contribution in [2.24, 2.45) is 0 Å². The number of carbonyl (C=O) groups is 2. The number of H-pyrrole nitrogens is 1. The third-order valence-electron chi connectivity index (χ3n) is 6.56. The molecule has 6 heteroatoms. The Kier molecular flexibility index (Phi) is 4.93. The molecule has 0 aliphatic carbocycles. The first-order valence-electron chi connectivity index (χ1n) is 11.0. The molecule has 1 unspecified atom stereocenters. The van der Waals surface area contributed by atoms with E-state index in [9.17, 15) is 9.59 Å². The van der Waals surface area contributed by atoms with E-state index in [1.807, 2.05) is 41.3 Å². The Hall–Kier alpha value is -3.28. The van der Waals surface area contributed by atoms with Gasteiger partial charge in [-0.3, -0.25) is 9.59 Å². The molecule has 0 saturated carbocycles. The Balaban J connectivity index is 1.65. The average molecular weight is 418 g/mol. The van der Waals surface area contributed by atoms with Crippen LogP contribution in [0.5, 0.6) is 5.75 Å². The van der Waals surface area contributed by atoms with Crippen molar-refractivity contribution < 1.29 is 14.3 Å². The van der Waals surface area contributed by atoms with Crippen LogP contribution in [-0.4, -0.2) is 52.8 Å². The van der Waals surface area contributed by atoms with Gasteiger partial charge in [-0.1, -0.05) is 43.7 Å². The standard InChI is InChI=1S/C25H27N3O3/c1-3-4-13-27-15-22(29)28-21(25(27)30)14-19-18-7-5-6-8-20(18)26-23(19)24(28)16-9-11-17(31-2)12-10-16/h5-12,21,24,26H,3-4,13-15H2,1-2H3/t21-,24?/m0/s1. The van der Waals surface area contributed by atoms with E-state index in [4.69, 9.17) is 4.74 Å². The van der Waals surface area contributed by atoms with E-state index in [2.05, 4.69) is 24.0 Å². The Bertz CT molecular complexity index is 1130. The maximum atomic E-state index is 13.5. The number of nitrogens with one attached hydrogen (secondary N) is 1. The minimum atomic E-state index is -0.475. The number of methoxy groups -OCH3 is 1. The molecule has 5 rings (SSSR count). The topological polar surface area (TPSA) is 65.6 Å². The van der Waals surface area contributed by atoms with Crippen molar-refractivity contribution in [1.29, 1.82) is 0 Å². The van der Waals surface area contributed by atoms with Gasteiger partial charge in [0.05, 0.1) is 19.7 Å². The molecule has 2 amide bonds. The number of para-hydroxylation sites is 1. The molecular formula is C25H27N3O3. The summed E-state index contributed by atoms with van der Waals surface area (Å²) in [7, 11) is 1.64. The van der Waals surface area contributed by atoms with Crippen LogP contribution in [0, 0.1) is 0 Å². The van der Waals surface area contributed by atoms with Gasteiger partial charge in [-0.25, -0.2) is 0 Å². The van der Waals surface area contributed by atoms with Crippen LogP contribution in [0.2, 0.25) is 0 Å². The second kappa shape index (κ2) is 7.76. The fraction of sp³-hybridized carbons (Fsp3) is 0.360. The summed E-state index contributed by atoms with van der Waals surface area (Å²) in [4.78, 5) is 33.9. The number of hydrogen-bond acceptors (Lipinski definition) is 3. The van der Waals surface area contributed by atoms with E-state index in [0.717, 1.165) is 46.3 Å². The summed E-state index contributed by atoms with van der Waals surface area (Å²) in [6, 6.07) is 15.2. The summed E-state index contributed by atoms with van der Waals surface area (Å²) >= 11 is 0. The van der Waals surface area contributed by atoms with Crippen molar-refractivity contribution in [3.63, 3.8) is 0 Å². The van der Waals surface area contributed by atoms with Crippen molar-refractivity contribution in [2.45, 2.75) is 38.3 Å². The molecule has 6 nitrogen and oxygen atoms in total. The highest BCUT2D eigenvalue weighted by Crippen LogP contribution is 2.42. The Morgan fingerprint density at radius 2 is 1.87 bits per heavy atom. The average Bonchev–Trinajstić information content (AvgIpc) is 3.17. The summed E-state index contributed by atoms with van der Waals surface area (Å²) < 4.78 is 5.32. The minimum absolute atomic E-state index is 0.00540. The normalized spacial score (nSPS) is 20.7. The van der Waals surface area contributed by atoms with Gasteiger partial charge in [-0.05, 0) is 35.7 Å². The highest BCUT2D eigenvalue weighted by atomic mass is 16.5. The third-order valence-corrected chi connectivity index (χ3v) is 6.56. The SMILES string of the molecule is CCCCN1CC(=O)N2C(c3ccc(OC)cc3)c3[nH]c4ccccc4c3C[C@H]2C1=O. The Morgan fingerprint density at radius 1 is 1.10 bits per heavy atom. The molecule has 1 aromatic heterocycles. The molecule has 3 heterocycles. The van der Waals surface area contributed by atoms with Gasteiger partial charge in [0.1, 0.15) is 11.8 Å². The van der Waals surface area contributed by atoms with Gasteiger partial charge in [0.15, 0.2) is 0 Å². The summed E-state index contributed by atoms with van der Waals surface area (Å²) in [5, 5.41) is 1.13. The first-order valence-corrected chi connectivity index (χ1v) is 11.0. The largest absolute Gasteiger partial charge is 0.497 e. The molecule has 0 bridgehead atoms. The van der Waals surface area contributed by atoms with Gasteiger partial charge in [-0.2, -0.15) is 0 Å². The number of ether oxygens (including phenoxy) is 1. The zero-order chi connectivity index (χ0) is 21.5. The van der Waals surface area contributed by atoms with Crippen LogP contribution in [0.15, 0.2) is 48.5 Å². The van der Waals surface area contributed by atoms with E-state index in [-0.39, 0.29) is 24.4 Å². The quantitative estimate of drug-likeness (QED) is 0.689. The number of unbranched alkanes of at least 4 members (excludes halogenated alkanes) is 1. The van der Waals surface area contributed by atoms with Gasteiger partial charge in [0.2, 0.25) is 11.8 Å². The lowest BCUT2D eigenvalue weighted by Crippen LogP contribution is -2.63. The fourth-order valence-electron chi connectivity index (χ4n) is 4.99. The zero-order valence-electron chi connectivity index (χ0n) is 17.9. The maximum absolute atomic E-state index is 13.5. The van der Waals surface area contributed by atoms with Crippen molar-refractivity contribution in [2.75, 3.05) is 20.2 Å². The number of rotatable bonds is 5. The third kappa shape index (κ3) is 3.17. The summed E-state index contributed by atoms with van der Waals surface area (Å²) in [5.74, 6) is 0.827. The molecule has 2 aliphatic rings. The van der Waals surface area contributed by atoms with Crippen molar-refractivity contribution in [1.82, 2.24) is 14.8 Å². The molecule has 1 N–H and O–H groups in total. The Morgan fingerprint density at radius 3 is 2.61 bits per heavy atom. The summed E-state index contributed by atoms with van der Waals surface area (Å²) in [6.45, 7) is 2.89. The van der Waals surface area contributed by atoms with E-state index < -0.39 is 6.04 Å². The van der Waals surface area contributed by atoms with Gasteiger partial charge in [-0.15, -0.1) is 0 Å². The smallest absolute Gasteiger partial charge is 0.246 e. The number of aromatic amines is 1. The van der Waals surface area contributed by atoms with Gasteiger partial charge < -0.3 is 19.5 Å². The summed E-state index contributed by atoms with van der Waals surface area (Å²) in [5.41, 5.74) is 4.15. The van der Waals surface area contributed by atoms with E-state index in [0.29, 0.717) is 13.0 Å². The summed E-state index contributed by atoms with van der Waals surface area (Å²) in [6.07, 6.45) is 2.44. The molecule has 1 saturated heterocycles. The van der Waals surface area contributed by atoms with Gasteiger partial charge in [0.25, 0.3) is 0 Å². The predicted molar refractivity (Wildman–Crippen MR) is 119 cm³/mol. The molecule has 2 aliphatic heterocycles. The molecule has 0 radical (unpaired) electrons. The Labute approximate surface area is 181 Å². The fourth-order valence-corrected chi connectivity index (χ4v) is 4.99. The van der Waals surface area contributed by atoms with Crippen LogP contribution in [0.1, 0.15) is 42.6 Å². The number of nitrogens with zero attached hydrogens (tertiary/aromatic N) is 2. The highest BCUT2D eigenvalue weighted by molar-refractivity contribution is 5.97. The van der Waals surface area contributed by atoms with Crippen LogP contribution in [0.4, 0.5) is 0 Å². The van der Waals surface area contributed by atoms with E-state index >= 15 is 0 Å². The first-order chi connectivity index (χ1) is 15.1. The van der Waals surface area contributed by atoms with Crippen LogP contribution < -0.4 is 4.74 Å². The van der Waals surface area contributed by atoms with Crippen LogP contribution >= 0.6 is 0 Å². The molecule has 31 heavy (non-hydrogen) atoms.